The van der Waals surface area contributed by atoms with Crippen molar-refractivity contribution in [3.05, 3.63) is 47.9 Å². The average molecular weight is 375 g/mol. The van der Waals surface area contributed by atoms with Gasteiger partial charge in [0.1, 0.15) is 11.9 Å². The van der Waals surface area contributed by atoms with Crippen molar-refractivity contribution >= 4 is 17.6 Å². The molecule has 3 heterocycles. The van der Waals surface area contributed by atoms with Gasteiger partial charge in [0, 0.05) is 7.05 Å². The summed E-state index contributed by atoms with van der Waals surface area (Å²) in [7, 11) is 1.56. The first-order chi connectivity index (χ1) is 12.8. The quantitative estimate of drug-likeness (QED) is 0.672. The van der Waals surface area contributed by atoms with Gasteiger partial charge in [0.05, 0.1) is 29.3 Å². The van der Waals surface area contributed by atoms with E-state index in [-0.39, 0.29) is 11.4 Å². The first-order valence-corrected chi connectivity index (χ1v) is 7.75. The smallest absolute Gasteiger partial charge is 0.413 e. The van der Waals surface area contributed by atoms with Gasteiger partial charge in [-0.3, -0.25) is 10.3 Å². The van der Waals surface area contributed by atoms with E-state index < -0.39 is 24.0 Å². The van der Waals surface area contributed by atoms with Crippen molar-refractivity contribution in [2.75, 3.05) is 11.1 Å². The van der Waals surface area contributed by atoms with Gasteiger partial charge in [-0.15, -0.1) is 5.10 Å². The lowest BCUT2D eigenvalue weighted by Crippen LogP contribution is -2.19. The number of nitrogen functional groups attached to an aromatic ring is 1. The van der Waals surface area contributed by atoms with Gasteiger partial charge in [0.2, 0.25) is 5.95 Å². The van der Waals surface area contributed by atoms with Crippen LogP contribution in [-0.4, -0.2) is 31.1 Å². The van der Waals surface area contributed by atoms with Gasteiger partial charge in [-0.1, -0.05) is 5.21 Å². The van der Waals surface area contributed by atoms with E-state index in [9.17, 15) is 13.6 Å². The number of carbonyl (C=O) groups excluding carboxylic acids is 1. The zero-order valence-corrected chi connectivity index (χ0v) is 14.3. The molecule has 1 amide bonds. The third kappa shape index (κ3) is 3.97. The SMILES string of the molecule is C[C@@H](OC(=O)Nc1c(-c2ccc(N)cn2)nnn1C)c1cc(F)cnc1F. The van der Waals surface area contributed by atoms with E-state index in [2.05, 4.69) is 25.6 Å². The molecule has 27 heavy (non-hydrogen) atoms. The molecular formula is C16H15F2N7O2. The highest BCUT2D eigenvalue weighted by Gasteiger charge is 2.21. The zero-order chi connectivity index (χ0) is 19.6. The molecule has 0 unspecified atom stereocenters. The van der Waals surface area contributed by atoms with Crippen LogP contribution in [0.2, 0.25) is 0 Å². The van der Waals surface area contributed by atoms with Gasteiger partial charge in [0.15, 0.2) is 11.5 Å². The summed E-state index contributed by atoms with van der Waals surface area (Å²) in [4.78, 5) is 19.6. The summed E-state index contributed by atoms with van der Waals surface area (Å²) < 4.78 is 33.4. The lowest BCUT2D eigenvalue weighted by atomic mass is 10.2. The van der Waals surface area contributed by atoms with Gasteiger partial charge in [-0.05, 0) is 25.1 Å². The summed E-state index contributed by atoms with van der Waals surface area (Å²) in [6.07, 6.45) is 0.188. The Balaban J connectivity index is 1.77. The van der Waals surface area contributed by atoms with Crippen LogP contribution >= 0.6 is 0 Å². The number of nitrogens with zero attached hydrogens (tertiary/aromatic N) is 5. The minimum Gasteiger partial charge on any atom is -0.441 e. The minimum atomic E-state index is -1.08. The van der Waals surface area contributed by atoms with Crippen LogP contribution in [0.15, 0.2) is 30.6 Å². The largest absolute Gasteiger partial charge is 0.441 e. The second-order valence-electron chi connectivity index (χ2n) is 5.59. The standard InChI is InChI=1S/C16H15F2N7O2/c1-8(11-5-9(17)6-21-14(11)18)27-16(26)22-15-13(23-24-25(15)2)12-4-3-10(19)7-20-12/h3-8H,19H2,1-2H3,(H,22,26)/t8-/m1/s1. The second-order valence-corrected chi connectivity index (χ2v) is 5.59. The van der Waals surface area contributed by atoms with E-state index in [1.165, 1.54) is 17.8 Å². The van der Waals surface area contributed by atoms with Gasteiger partial charge >= 0.3 is 6.09 Å². The molecule has 0 saturated carbocycles. The Bertz CT molecular complexity index is 975. The van der Waals surface area contributed by atoms with Crippen molar-refractivity contribution in [2.24, 2.45) is 7.05 Å². The molecule has 9 nitrogen and oxygen atoms in total. The molecule has 0 aromatic carbocycles. The maximum atomic E-state index is 13.7. The first kappa shape index (κ1) is 18.2. The predicted molar refractivity (Wildman–Crippen MR) is 91.3 cm³/mol. The summed E-state index contributed by atoms with van der Waals surface area (Å²) in [5, 5.41) is 10.3. The van der Waals surface area contributed by atoms with Gasteiger partial charge in [0.25, 0.3) is 0 Å². The number of anilines is 2. The van der Waals surface area contributed by atoms with E-state index in [0.717, 1.165) is 12.3 Å². The molecule has 0 radical (unpaired) electrons. The first-order valence-electron chi connectivity index (χ1n) is 7.75. The van der Waals surface area contributed by atoms with Crippen molar-refractivity contribution < 1.29 is 18.3 Å². The number of hydrogen-bond donors (Lipinski definition) is 2. The Kier molecular flexibility index (Phi) is 4.92. The summed E-state index contributed by atoms with van der Waals surface area (Å²) in [6, 6.07) is 4.16. The summed E-state index contributed by atoms with van der Waals surface area (Å²) in [6.45, 7) is 1.39. The number of nitrogens with one attached hydrogen (secondary N) is 1. The monoisotopic (exact) mass is 375 g/mol. The van der Waals surface area contributed by atoms with Crippen LogP contribution in [0.5, 0.6) is 0 Å². The average Bonchev–Trinajstić information content (AvgIpc) is 2.98. The Morgan fingerprint density at radius 1 is 1.30 bits per heavy atom. The Morgan fingerprint density at radius 2 is 2.07 bits per heavy atom. The topological polar surface area (TPSA) is 121 Å². The number of hydrogen-bond acceptors (Lipinski definition) is 7. The minimum absolute atomic E-state index is 0.186. The number of pyridine rings is 2. The van der Waals surface area contributed by atoms with Crippen LogP contribution in [0.25, 0.3) is 11.4 Å². The zero-order valence-electron chi connectivity index (χ0n) is 14.3. The number of carbonyl (C=O) groups is 1. The van der Waals surface area contributed by atoms with Crippen LogP contribution in [0.3, 0.4) is 0 Å². The molecule has 0 aliphatic rings. The van der Waals surface area contributed by atoms with Crippen molar-refractivity contribution in [1.82, 2.24) is 25.0 Å². The molecule has 0 aliphatic heterocycles. The molecule has 0 spiro atoms. The summed E-state index contributed by atoms with van der Waals surface area (Å²) in [5.74, 6) is -1.46. The Morgan fingerprint density at radius 3 is 2.78 bits per heavy atom. The van der Waals surface area contributed by atoms with Crippen molar-refractivity contribution in [2.45, 2.75) is 13.0 Å². The molecular weight excluding hydrogens is 360 g/mol. The van der Waals surface area contributed by atoms with E-state index >= 15 is 0 Å². The van der Waals surface area contributed by atoms with E-state index in [0.29, 0.717) is 17.1 Å². The molecule has 3 aromatic heterocycles. The number of aromatic nitrogens is 5. The molecule has 11 heteroatoms. The van der Waals surface area contributed by atoms with E-state index in [1.54, 1.807) is 19.2 Å². The highest BCUT2D eigenvalue weighted by Crippen LogP contribution is 2.25. The molecule has 0 aliphatic carbocycles. The second kappa shape index (κ2) is 7.32. The molecule has 1 atom stereocenters. The lowest BCUT2D eigenvalue weighted by molar-refractivity contribution is 0.118. The number of aryl methyl sites for hydroxylation is 1. The molecule has 3 aromatic rings. The van der Waals surface area contributed by atoms with Gasteiger partial charge in [-0.25, -0.2) is 18.9 Å². The van der Waals surface area contributed by atoms with Gasteiger partial charge < -0.3 is 10.5 Å². The van der Waals surface area contributed by atoms with Crippen LogP contribution in [0.1, 0.15) is 18.6 Å². The molecule has 0 fully saturated rings. The number of ether oxygens (including phenoxy) is 1. The molecule has 0 saturated heterocycles. The normalized spacial score (nSPS) is 11.9. The fraction of sp³-hybridized carbons (Fsp3) is 0.188. The molecule has 140 valence electrons. The molecule has 0 bridgehead atoms. The Hall–Kier alpha value is -3.63. The number of halogens is 2. The highest BCUT2D eigenvalue weighted by molar-refractivity contribution is 5.88. The molecule has 3 N–H and O–H groups in total. The maximum Gasteiger partial charge on any atom is 0.413 e. The van der Waals surface area contributed by atoms with Crippen molar-refractivity contribution in [1.29, 1.82) is 0 Å². The third-order valence-corrected chi connectivity index (χ3v) is 3.63. The highest BCUT2D eigenvalue weighted by atomic mass is 19.1. The maximum absolute atomic E-state index is 13.7. The Labute approximate surface area is 152 Å². The van der Waals surface area contributed by atoms with Crippen molar-refractivity contribution in [3.63, 3.8) is 0 Å². The number of amides is 1. The number of rotatable bonds is 4. The van der Waals surface area contributed by atoms with Gasteiger partial charge in [-0.2, -0.15) is 4.39 Å². The predicted octanol–water partition coefficient (Wildman–Crippen LogP) is 2.44. The fourth-order valence-corrected chi connectivity index (χ4v) is 2.29. The third-order valence-electron chi connectivity index (χ3n) is 3.63. The lowest BCUT2D eigenvalue weighted by Gasteiger charge is -2.15. The summed E-state index contributed by atoms with van der Waals surface area (Å²) in [5.41, 5.74) is 6.61. The van der Waals surface area contributed by atoms with Crippen LogP contribution in [0, 0.1) is 11.8 Å². The van der Waals surface area contributed by atoms with E-state index in [4.69, 9.17) is 10.5 Å². The number of nitrogens with two attached hydrogens (primary N) is 1. The summed E-state index contributed by atoms with van der Waals surface area (Å²) >= 11 is 0. The van der Waals surface area contributed by atoms with Crippen LogP contribution in [0.4, 0.5) is 25.1 Å². The van der Waals surface area contributed by atoms with Crippen LogP contribution < -0.4 is 11.1 Å². The van der Waals surface area contributed by atoms with E-state index in [1.807, 2.05) is 0 Å². The van der Waals surface area contributed by atoms with Crippen LogP contribution in [-0.2, 0) is 11.8 Å². The fourth-order valence-electron chi connectivity index (χ4n) is 2.29. The molecule has 3 rings (SSSR count). The van der Waals surface area contributed by atoms with Crippen molar-refractivity contribution in [3.8, 4) is 11.4 Å².